The first-order valence-corrected chi connectivity index (χ1v) is 9.30. The first-order valence-electron chi connectivity index (χ1n) is 9.30. The summed E-state index contributed by atoms with van der Waals surface area (Å²) in [7, 11) is 3.60. The maximum atomic E-state index is 5.77. The number of benzene rings is 1. The Labute approximate surface area is 175 Å². The minimum absolute atomic E-state index is 0. The molecule has 0 bridgehead atoms. The number of ether oxygens (including phenoxy) is 2. The molecule has 1 aliphatic carbocycles. The van der Waals surface area contributed by atoms with Gasteiger partial charge in [-0.05, 0) is 49.3 Å². The van der Waals surface area contributed by atoms with Gasteiger partial charge >= 0.3 is 0 Å². The molecule has 26 heavy (non-hydrogen) atoms. The molecule has 6 heteroatoms. The summed E-state index contributed by atoms with van der Waals surface area (Å²) >= 11 is 0. The van der Waals surface area contributed by atoms with Crippen molar-refractivity contribution in [3.8, 4) is 5.75 Å². The fraction of sp³-hybridized carbons (Fsp3) is 0.650. The minimum Gasteiger partial charge on any atom is -0.492 e. The Bertz CT molecular complexity index is 546. The van der Waals surface area contributed by atoms with Crippen LogP contribution in [0.25, 0.3) is 0 Å². The van der Waals surface area contributed by atoms with Crippen LogP contribution < -0.4 is 15.4 Å². The van der Waals surface area contributed by atoms with E-state index in [1.165, 1.54) is 31.2 Å². The second-order valence-corrected chi connectivity index (χ2v) is 6.97. The standard InChI is InChI=1S/C20H33N3O2.HI/c1-17-7-6-8-18(15-17)25-14-12-22-19(21-2)23-16-20(11-13-24-3)9-4-5-10-20;/h6-8,15H,4-5,9-14,16H2,1-3H3,(H2,21,22,23);1H. The number of methoxy groups -OCH3 is 1. The molecule has 0 aromatic heterocycles. The van der Waals surface area contributed by atoms with Crippen LogP contribution in [0.1, 0.15) is 37.7 Å². The quantitative estimate of drug-likeness (QED) is 0.247. The number of aliphatic imine (C=N–C) groups is 1. The average molecular weight is 475 g/mol. The van der Waals surface area contributed by atoms with E-state index < -0.39 is 0 Å². The third-order valence-electron chi connectivity index (χ3n) is 5.01. The molecule has 1 aromatic rings. The molecule has 0 atom stereocenters. The number of hydrogen-bond donors (Lipinski definition) is 2. The van der Waals surface area contributed by atoms with E-state index in [0.717, 1.165) is 37.8 Å². The number of aryl methyl sites for hydroxylation is 1. The van der Waals surface area contributed by atoms with Gasteiger partial charge in [0, 0.05) is 27.3 Å². The molecule has 1 fully saturated rings. The van der Waals surface area contributed by atoms with Crippen molar-refractivity contribution in [3.05, 3.63) is 29.8 Å². The van der Waals surface area contributed by atoms with Crippen molar-refractivity contribution in [2.75, 3.05) is 40.5 Å². The second kappa shape index (κ2) is 12.4. The number of hydrogen-bond acceptors (Lipinski definition) is 3. The summed E-state index contributed by atoms with van der Waals surface area (Å²) in [6, 6.07) is 8.12. The van der Waals surface area contributed by atoms with Crippen LogP contribution in [0.4, 0.5) is 0 Å². The van der Waals surface area contributed by atoms with E-state index in [1.807, 2.05) is 25.2 Å². The van der Waals surface area contributed by atoms with Crippen LogP contribution in [-0.4, -0.2) is 46.4 Å². The van der Waals surface area contributed by atoms with Crippen molar-refractivity contribution in [1.29, 1.82) is 0 Å². The van der Waals surface area contributed by atoms with Crippen molar-refractivity contribution < 1.29 is 9.47 Å². The smallest absolute Gasteiger partial charge is 0.191 e. The molecule has 2 N–H and O–H groups in total. The van der Waals surface area contributed by atoms with Crippen LogP contribution in [0.15, 0.2) is 29.3 Å². The zero-order valence-electron chi connectivity index (χ0n) is 16.3. The zero-order chi connectivity index (χ0) is 18.0. The van der Waals surface area contributed by atoms with Crippen molar-refractivity contribution >= 4 is 29.9 Å². The number of guanidine groups is 1. The fourth-order valence-corrected chi connectivity index (χ4v) is 3.49. The number of rotatable bonds is 9. The number of nitrogens with one attached hydrogen (secondary N) is 2. The molecule has 0 aliphatic heterocycles. The lowest BCUT2D eigenvalue weighted by Gasteiger charge is -2.29. The highest BCUT2D eigenvalue weighted by molar-refractivity contribution is 14.0. The summed E-state index contributed by atoms with van der Waals surface area (Å²) in [6.07, 6.45) is 6.31. The SMILES string of the molecule is CN=C(NCCOc1cccc(C)c1)NCC1(CCOC)CCCC1.I. The van der Waals surface area contributed by atoms with E-state index in [-0.39, 0.29) is 24.0 Å². The Balaban J connectivity index is 0.00000338. The predicted molar refractivity (Wildman–Crippen MR) is 119 cm³/mol. The van der Waals surface area contributed by atoms with Crippen molar-refractivity contribution in [2.45, 2.75) is 39.0 Å². The lowest BCUT2D eigenvalue weighted by atomic mass is 9.83. The van der Waals surface area contributed by atoms with Crippen molar-refractivity contribution in [2.24, 2.45) is 10.4 Å². The fourth-order valence-electron chi connectivity index (χ4n) is 3.49. The van der Waals surface area contributed by atoms with Gasteiger partial charge in [-0.1, -0.05) is 25.0 Å². The van der Waals surface area contributed by atoms with Crippen LogP contribution in [0.2, 0.25) is 0 Å². The van der Waals surface area contributed by atoms with Crippen LogP contribution in [0.3, 0.4) is 0 Å². The molecule has 0 amide bonds. The normalized spacial score (nSPS) is 16.0. The molecular formula is C20H34IN3O2. The van der Waals surface area contributed by atoms with Crippen LogP contribution in [0.5, 0.6) is 5.75 Å². The lowest BCUT2D eigenvalue weighted by molar-refractivity contribution is 0.138. The highest BCUT2D eigenvalue weighted by Crippen LogP contribution is 2.40. The van der Waals surface area contributed by atoms with E-state index >= 15 is 0 Å². The molecule has 1 saturated carbocycles. The van der Waals surface area contributed by atoms with Crippen LogP contribution in [-0.2, 0) is 4.74 Å². The minimum atomic E-state index is 0. The Kier molecular flexibility index (Phi) is 11.0. The van der Waals surface area contributed by atoms with Gasteiger partial charge in [-0.3, -0.25) is 4.99 Å². The third-order valence-corrected chi connectivity index (χ3v) is 5.01. The Morgan fingerprint density at radius 2 is 1.96 bits per heavy atom. The average Bonchev–Trinajstić information content (AvgIpc) is 3.09. The van der Waals surface area contributed by atoms with Gasteiger partial charge in [0.25, 0.3) is 0 Å². The number of nitrogens with zero attached hydrogens (tertiary/aromatic N) is 1. The summed E-state index contributed by atoms with van der Waals surface area (Å²) < 4.78 is 11.1. The van der Waals surface area contributed by atoms with Gasteiger partial charge in [0.05, 0.1) is 6.54 Å². The van der Waals surface area contributed by atoms with Crippen molar-refractivity contribution in [1.82, 2.24) is 10.6 Å². The summed E-state index contributed by atoms with van der Waals surface area (Å²) in [5.74, 6) is 1.76. The van der Waals surface area contributed by atoms with E-state index in [1.54, 1.807) is 7.11 Å². The van der Waals surface area contributed by atoms with Crippen LogP contribution in [0, 0.1) is 12.3 Å². The molecule has 0 spiro atoms. The molecule has 148 valence electrons. The molecule has 0 radical (unpaired) electrons. The Hall–Kier alpha value is -1.02. The third kappa shape index (κ3) is 7.70. The van der Waals surface area contributed by atoms with Gasteiger partial charge in [-0.2, -0.15) is 0 Å². The Morgan fingerprint density at radius 1 is 1.19 bits per heavy atom. The summed E-state index contributed by atoms with van der Waals surface area (Å²) in [5.41, 5.74) is 1.56. The Morgan fingerprint density at radius 3 is 2.62 bits per heavy atom. The largest absolute Gasteiger partial charge is 0.492 e. The maximum Gasteiger partial charge on any atom is 0.191 e. The van der Waals surface area contributed by atoms with Gasteiger partial charge in [0.15, 0.2) is 5.96 Å². The highest BCUT2D eigenvalue weighted by atomic mass is 127. The first-order chi connectivity index (χ1) is 12.2. The van der Waals surface area contributed by atoms with E-state index in [9.17, 15) is 0 Å². The van der Waals surface area contributed by atoms with Gasteiger partial charge in [0.2, 0.25) is 0 Å². The monoisotopic (exact) mass is 475 g/mol. The van der Waals surface area contributed by atoms with Gasteiger partial charge in [0.1, 0.15) is 12.4 Å². The molecule has 1 aromatic carbocycles. The second-order valence-electron chi connectivity index (χ2n) is 6.97. The first kappa shape index (κ1) is 23.0. The van der Waals surface area contributed by atoms with Gasteiger partial charge in [-0.15, -0.1) is 24.0 Å². The predicted octanol–water partition coefficient (Wildman–Crippen LogP) is 3.75. The van der Waals surface area contributed by atoms with E-state index in [4.69, 9.17) is 9.47 Å². The molecule has 2 rings (SSSR count). The molecule has 1 aliphatic rings. The molecule has 0 unspecified atom stereocenters. The van der Waals surface area contributed by atoms with E-state index in [0.29, 0.717) is 12.0 Å². The summed E-state index contributed by atoms with van der Waals surface area (Å²) in [6.45, 7) is 5.18. The highest BCUT2D eigenvalue weighted by Gasteiger charge is 2.33. The summed E-state index contributed by atoms with van der Waals surface area (Å²) in [5, 5.41) is 6.83. The maximum absolute atomic E-state index is 5.77. The molecule has 5 nitrogen and oxygen atoms in total. The van der Waals surface area contributed by atoms with Crippen molar-refractivity contribution in [3.63, 3.8) is 0 Å². The van der Waals surface area contributed by atoms with Crippen LogP contribution >= 0.6 is 24.0 Å². The van der Waals surface area contributed by atoms with Gasteiger partial charge in [-0.25, -0.2) is 0 Å². The molecule has 0 saturated heterocycles. The van der Waals surface area contributed by atoms with Gasteiger partial charge < -0.3 is 20.1 Å². The zero-order valence-corrected chi connectivity index (χ0v) is 18.7. The summed E-state index contributed by atoms with van der Waals surface area (Å²) in [4.78, 5) is 4.33. The topological polar surface area (TPSA) is 54.9 Å². The van der Waals surface area contributed by atoms with E-state index in [2.05, 4.69) is 28.6 Å². The molecular weight excluding hydrogens is 441 g/mol. The lowest BCUT2D eigenvalue weighted by Crippen LogP contribution is -2.44. The number of halogens is 1. The molecule has 0 heterocycles.